The van der Waals surface area contributed by atoms with E-state index in [9.17, 15) is 0 Å². The summed E-state index contributed by atoms with van der Waals surface area (Å²) in [6, 6.07) is 0. The van der Waals surface area contributed by atoms with Gasteiger partial charge in [0.2, 0.25) is 0 Å². The molecule has 0 spiro atoms. The van der Waals surface area contributed by atoms with Crippen molar-refractivity contribution in [2.24, 2.45) is 0 Å². The van der Waals surface area contributed by atoms with E-state index in [4.69, 9.17) is 0 Å². The van der Waals surface area contributed by atoms with Gasteiger partial charge in [0, 0.05) is 5.41 Å². The zero-order valence-electron chi connectivity index (χ0n) is 61.4. The highest BCUT2D eigenvalue weighted by molar-refractivity contribution is 6.00. The molecule has 0 radical (unpaired) electrons. The molecule has 0 aliphatic heterocycles. The highest BCUT2D eigenvalue weighted by atomic mass is 15.2. The Kier molecular flexibility index (Phi) is 16.3. The summed E-state index contributed by atoms with van der Waals surface area (Å²) in [6.07, 6.45) is 0. The highest BCUT2D eigenvalue weighted by Gasteiger charge is 2.44. The van der Waals surface area contributed by atoms with Crippen molar-refractivity contribution in [3.05, 3.63) is 200 Å². The third-order valence-electron chi connectivity index (χ3n) is 25.0. The summed E-state index contributed by atoms with van der Waals surface area (Å²) in [5.74, 6) is 0. The lowest BCUT2D eigenvalue weighted by atomic mass is 9.73. The molecule has 2 nitrogen and oxygen atoms in total. The average Bonchev–Trinajstić information content (AvgIpc) is 1.60. The van der Waals surface area contributed by atoms with Gasteiger partial charge in [-0.3, -0.25) is 0 Å². The van der Waals surface area contributed by atoms with Gasteiger partial charge < -0.3 is 9.80 Å². The van der Waals surface area contributed by atoms with Gasteiger partial charge in [0.1, 0.15) is 0 Å². The number of rotatable bonds is 8. The van der Waals surface area contributed by atoms with E-state index in [1.165, 1.54) is 268 Å². The molecule has 87 heavy (non-hydrogen) atoms. The van der Waals surface area contributed by atoms with Crippen molar-refractivity contribution >= 4 is 34.1 Å². The lowest BCUT2D eigenvalue weighted by Gasteiger charge is -2.38. The van der Waals surface area contributed by atoms with Crippen LogP contribution in [0.2, 0.25) is 0 Å². The molecule has 0 fully saturated rings. The van der Waals surface area contributed by atoms with Crippen molar-refractivity contribution in [2.45, 2.75) is 255 Å². The van der Waals surface area contributed by atoms with E-state index >= 15 is 0 Å². The zero-order valence-corrected chi connectivity index (χ0v) is 61.4. The van der Waals surface area contributed by atoms with E-state index in [-0.39, 0.29) is 5.41 Å². The van der Waals surface area contributed by atoms with Crippen molar-refractivity contribution in [3.63, 3.8) is 0 Å². The fourth-order valence-corrected chi connectivity index (χ4v) is 17.3. The van der Waals surface area contributed by atoms with Gasteiger partial charge in [0.25, 0.3) is 0 Å². The first-order valence-electron chi connectivity index (χ1n) is 32.6. The molecule has 0 amide bonds. The summed E-state index contributed by atoms with van der Waals surface area (Å²) in [4.78, 5) is 5.44. The topological polar surface area (TPSA) is 6.48 Å². The Morgan fingerprint density at radius 2 is 0.253 bits per heavy atom. The lowest BCUT2D eigenvalue weighted by molar-refractivity contribution is 0.650. The number of nitrogens with zero attached hydrogens (tertiary/aromatic N) is 2. The number of fused-ring (bicyclic) bond motifs is 3. The van der Waals surface area contributed by atoms with Crippen molar-refractivity contribution in [3.8, 4) is 33.4 Å². The first-order valence-corrected chi connectivity index (χ1v) is 32.6. The summed E-state index contributed by atoms with van der Waals surface area (Å²) in [7, 11) is 0. The molecule has 8 aromatic rings. The maximum atomic E-state index is 2.72. The van der Waals surface area contributed by atoms with E-state index in [1.807, 2.05) is 0 Å². The molecular formula is C85H108N2. The van der Waals surface area contributed by atoms with Crippen LogP contribution in [0.5, 0.6) is 0 Å². The van der Waals surface area contributed by atoms with Gasteiger partial charge in [-0.15, -0.1) is 0 Å². The van der Waals surface area contributed by atoms with Gasteiger partial charge in [0.15, 0.2) is 0 Å². The van der Waals surface area contributed by atoms with Gasteiger partial charge in [-0.2, -0.15) is 0 Å². The zero-order chi connectivity index (χ0) is 65.4. The molecule has 0 saturated carbocycles. The number of hydrogen-bond acceptors (Lipinski definition) is 2. The van der Waals surface area contributed by atoms with Crippen LogP contribution in [0.25, 0.3) is 33.4 Å². The third-order valence-corrected chi connectivity index (χ3v) is 25.0. The molecule has 0 atom stereocenters. The third kappa shape index (κ3) is 8.72. The normalized spacial score (nSPS) is 12.7. The van der Waals surface area contributed by atoms with Crippen molar-refractivity contribution < 1.29 is 0 Å². The van der Waals surface area contributed by atoms with E-state index < -0.39 is 0 Å². The van der Waals surface area contributed by atoms with Crippen LogP contribution < -0.4 is 9.80 Å². The molecule has 1 aliphatic carbocycles. The highest BCUT2D eigenvalue weighted by Crippen LogP contribution is 2.61. The Morgan fingerprint density at radius 1 is 0.138 bits per heavy atom. The molecule has 8 aromatic carbocycles. The standard InChI is InChI=1S/C85H108N2/c1-37-41(5)57(21)79(58(22)42(37)6)86(80-59(23)43(7)38(2)44(8)60(80)24)83-65(29)53(17)71(54(18)66(83)30)73-49(13)51(15)75-76-52(16)50(14)74(70(34)78(76)85(35,36)77(75)69(73)33)72-55(19)67(31)84(68(32)56(72)20)87(81-61(25)45(9)39(3)46(10)62(81)26)82-63(27)47(11)40(4)48(12)64(82)28/h1-36H3. The van der Waals surface area contributed by atoms with Crippen molar-refractivity contribution in [1.29, 1.82) is 0 Å². The van der Waals surface area contributed by atoms with Crippen LogP contribution in [0.1, 0.15) is 214 Å². The van der Waals surface area contributed by atoms with Crippen LogP contribution in [-0.2, 0) is 5.41 Å². The molecule has 0 N–H and O–H groups in total. The minimum Gasteiger partial charge on any atom is -0.309 e. The second-order valence-corrected chi connectivity index (χ2v) is 28.6. The predicted molar refractivity (Wildman–Crippen MR) is 385 cm³/mol. The van der Waals surface area contributed by atoms with E-state index in [0.717, 1.165) is 0 Å². The van der Waals surface area contributed by atoms with Crippen molar-refractivity contribution in [1.82, 2.24) is 0 Å². The quantitative estimate of drug-likeness (QED) is 0.150. The van der Waals surface area contributed by atoms with Crippen LogP contribution >= 0.6 is 0 Å². The van der Waals surface area contributed by atoms with Crippen molar-refractivity contribution in [2.75, 3.05) is 9.80 Å². The fraction of sp³-hybridized carbons (Fsp3) is 0.435. The Hall–Kier alpha value is -6.64. The van der Waals surface area contributed by atoms with Gasteiger partial charge >= 0.3 is 0 Å². The Bertz CT molecular complexity index is 3820. The molecule has 0 bridgehead atoms. The van der Waals surface area contributed by atoms with Crippen LogP contribution in [0, 0.1) is 235 Å². The monoisotopic (exact) mass is 1160 g/mol. The van der Waals surface area contributed by atoms with E-state index in [0.29, 0.717) is 0 Å². The second-order valence-electron chi connectivity index (χ2n) is 28.6. The van der Waals surface area contributed by atoms with E-state index in [2.05, 4.69) is 259 Å². The average molecular weight is 1160 g/mol. The second kappa shape index (κ2) is 21.8. The fourth-order valence-electron chi connectivity index (χ4n) is 17.3. The van der Waals surface area contributed by atoms with Gasteiger partial charge in [-0.25, -0.2) is 0 Å². The molecular weight excluding hydrogens is 1050 g/mol. The Morgan fingerprint density at radius 3 is 0.425 bits per heavy atom. The molecule has 1 aliphatic rings. The summed E-state index contributed by atoms with van der Waals surface area (Å²) < 4.78 is 0. The first kappa shape index (κ1) is 64.8. The summed E-state index contributed by atoms with van der Waals surface area (Å²) >= 11 is 0. The molecule has 9 rings (SSSR count). The Labute approximate surface area is 529 Å². The number of hydrogen-bond donors (Lipinski definition) is 0. The molecule has 0 saturated heterocycles. The molecule has 0 heterocycles. The number of anilines is 6. The molecule has 0 unspecified atom stereocenters. The smallest absolute Gasteiger partial charge is 0.0526 e. The largest absolute Gasteiger partial charge is 0.309 e. The van der Waals surface area contributed by atoms with Crippen LogP contribution in [0.3, 0.4) is 0 Å². The maximum absolute atomic E-state index is 2.72. The summed E-state index contributed by atoms with van der Waals surface area (Å²) in [5, 5.41) is 0. The molecule has 458 valence electrons. The first-order chi connectivity index (χ1) is 40.2. The Balaban J connectivity index is 1.30. The van der Waals surface area contributed by atoms with Crippen LogP contribution in [0.4, 0.5) is 34.1 Å². The van der Waals surface area contributed by atoms with E-state index in [1.54, 1.807) is 0 Å². The minimum atomic E-state index is -0.274. The summed E-state index contributed by atoms with van der Waals surface area (Å²) in [5.41, 5.74) is 65.9. The van der Waals surface area contributed by atoms with Gasteiger partial charge in [0.05, 0.1) is 34.1 Å². The van der Waals surface area contributed by atoms with Gasteiger partial charge in [-0.05, 0) is 469 Å². The number of benzene rings is 8. The molecule has 0 aromatic heterocycles. The maximum Gasteiger partial charge on any atom is 0.0526 e. The van der Waals surface area contributed by atoms with Crippen LogP contribution in [-0.4, -0.2) is 0 Å². The van der Waals surface area contributed by atoms with Crippen LogP contribution in [0.15, 0.2) is 0 Å². The molecule has 2 heteroatoms. The minimum absolute atomic E-state index is 0.274. The SMILES string of the molecule is Cc1c(C)c(C)c(N(c2c(C)c(C)c(C)c(C)c2C)c2c(C)c(C)c(-c3c(C)c(C)c4c(c3C)C(C)(C)c3c(C)c(-c5c(C)c(C)c(N(c6c(C)c(C)c(C)c(C)c6C)c6c(C)c(C)c(C)c(C)c6C)c(C)c5C)c(C)c(C)c3-4)c(C)c2C)c(C)c1C. The lowest BCUT2D eigenvalue weighted by Crippen LogP contribution is -2.22. The summed E-state index contributed by atoms with van der Waals surface area (Å²) in [6.45, 7) is 85.9. The van der Waals surface area contributed by atoms with Gasteiger partial charge in [-0.1, -0.05) is 13.8 Å². The predicted octanol–water partition coefficient (Wildman–Crippen LogP) is 24.8.